The molecule has 0 saturated carbocycles. The first-order chi connectivity index (χ1) is 16.4. The maximum absolute atomic E-state index is 13.9. The lowest BCUT2D eigenvalue weighted by Crippen LogP contribution is -2.43. The van der Waals surface area contributed by atoms with Gasteiger partial charge in [-0.3, -0.25) is 24.3 Å². The largest absolute Gasteiger partial charge is 0.339 e. The van der Waals surface area contributed by atoms with Crippen LogP contribution in [0, 0.1) is 6.92 Å². The summed E-state index contributed by atoms with van der Waals surface area (Å²) in [5.41, 5.74) is 2.28. The van der Waals surface area contributed by atoms with E-state index in [1.807, 2.05) is 68.4 Å². The van der Waals surface area contributed by atoms with Crippen molar-refractivity contribution in [3.63, 3.8) is 0 Å². The zero-order valence-corrected chi connectivity index (χ0v) is 19.6. The number of likely N-dealkylation sites (tertiary alicyclic amines) is 1. The SMILES string of the molecule is CCN(Cc1ccccc1)C(=O)C[C@]1(c2ccccc2C)CC(=O)N(Cc2ccncc2)C1=O. The van der Waals surface area contributed by atoms with E-state index in [-0.39, 0.29) is 37.1 Å². The summed E-state index contributed by atoms with van der Waals surface area (Å²) in [6.07, 6.45) is 3.22. The van der Waals surface area contributed by atoms with E-state index in [0.29, 0.717) is 13.1 Å². The number of pyridine rings is 1. The zero-order chi connectivity index (χ0) is 24.1. The van der Waals surface area contributed by atoms with E-state index >= 15 is 0 Å². The van der Waals surface area contributed by atoms with Gasteiger partial charge in [0.25, 0.3) is 0 Å². The molecule has 2 aromatic carbocycles. The molecule has 0 N–H and O–H groups in total. The second kappa shape index (κ2) is 10.00. The third-order valence-corrected chi connectivity index (χ3v) is 6.56. The van der Waals surface area contributed by atoms with Crippen molar-refractivity contribution in [1.82, 2.24) is 14.8 Å². The molecule has 3 amide bonds. The van der Waals surface area contributed by atoms with Crippen LogP contribution < -0.4 is 0 Å². The maximum atomic E-state index is 13.9. The fourth-order valence-electron chi connectivity index (χ4n) is 4.74. The molecule has 174 valence electrons. The van der Waals surface area contributed by atoms with Crippen LogP contribution in [0.3, 0.4) is 0 Å². The minimum absolute atomic E-state index is 0.0175. The quantitative estimate of drug-likeness (QED) is 0.481. The monoisotopic (exact) mass is 455 g/mol. The van der Waals surface area contributed by atoms with Gasteiger partial charge < -0.3 is 4.90 Å². The fourth-order valence-corrected chi connectivity index (χ4v) is 4.74. The summed E-state index contributed by atoms with van der Waals surface area (Å²) in [4.78, 5) is 47.7. The van der Waals surface area contributed by atoms with Crippen LogP contribution in [-0.2, 0) is 32.9 Å². The van der Waals surface area contributed by atoms with E-state index in [2.05, 4.69) is 4.98 Å². The van der Waals surface area contributed by atoms with Gasteiger partial charge >= 0.3 is 0 Å². The van der Waals surface area contributed by atoms with E-state index in [0.717, 1.165) is 22.3 Å². The van der Waals surface area contributed by atoms with Gasteiger partial charge in [0.1, 0.15) is 0 Å². The van der Waals surface area contributed by atoms with Crippen LogP contribution in [0.1, 0.15) is 42.0 Å². The molecule has 6 heteroatoms. The topological polar surface area (TPSA) is 70.6 Å². The van der Waals surface area contributed by atoms with Gasteiger partial charge in [0.2, 0.25) is 17.7 Å². The molecule has 0 unspecified atom stereocenters. The zero-order valence-electron chi connectivity index (χ0n) is 19.6. The maximum Gasteiger partial charge on any atom is 0.241 e. The summed E-state index contributed by atoms with van der Waals surface area (Å²) in [6.45, 7) is 5.00. The fraction of sp³-hybridized carbons (Fsp3) is 0.286. The van der Waals surface area contributed by atoms with Crippen LogP contribution in [0.15, 0.2) is 79.1 Å². The molecule has 1 fully saturated rings. The van der Waals surface area contributed by atoms with Gasteiger partial charge in [0, 0.05) is 38.3 Å². The van der Waals surface area contributed by atoms with E-state index in [9.17, 15) is 14.4 Å². The standard InChI is InChI=1S/C28H29N3O3/c1-3-30(19-22-10-5-4-6-11-22)25(32)17-28(24-12-8-7-9-21(24)2)18-26(33)31(27(28)34)20-23-13-15-29-16-14-23/h4-16H,3,17-20H2,1-2H3/t28-/m1/s1. The molecule has 1 saturated heterocycles. The van der Waals surface area contributed by atoms with Crippen molar-refractivity contribution < 1.29 is 14.4 Å². The minimum atomic E-state index is -1.21. The third-order valence-electron chi connectivity index (χ3n) is 6.56. The molecule has 0 radical (unpaired) electrons. The van der Waals surface area contributed by atoms with Crippen LogP contribution >= 0.6 is 0 Å². The van der Waals surface area contributed by atoms with Crippen molar-refractivity contribution in [2.75, 3.05) is 6.54 Å². The molecule has 1 aromatic heterocycles. The van der Waals surface area contributed by atoms with Crippen molar-refractivity contribution in [2.45, 2.75) is 45.2 Å². The highest BCUT2D eigenvalue weighted by molar-refractivity contribution is 6.10. The minimum Gasteiger partial charge on any atom is -0.339 e. The summed E-state index contributed by atoms with van der Waals surface area (Å²) in [5, 5.41) is 0. The first-order valence-corrected chi connectivity index (χ1v) is 11.6. The molecular formula is C28H29N3O3. The molecule has 1 aliphatic heterocycles. The van der Waals surface area contributed by atoms with E-state index in [1.165, 1.54) is 4.90 Å². The molecule has 0 spiro atoms. The van der Waals surface area contributed by atoms with E-state index in [4.69, 9.17) is 0 Å². The Morgan fingerprint density at radius 3 is 2.32 bits per heavy atom. The Morgan fingerprint density at radius 1 is 0.971 bits per heavy atom. The number of aromatic nitrogens is 1. The van der Waals surface area contributed by atoms with Gasteiger partial charge in [0.15, 0.2) is 0 Å². The number of carbonyl (C=O) groups excluding carboxylic acids is 3. The lowest BCUT2D eigenvalue weighted by atomic mass is 9.74. The number of nitrogens with zero attached hydrogens (tertiary/aromatic N) is 3. The number of benzene rings is 2. The van der Waals surface area contributed by atoms with Crippen molar-refractivity contribution in [3.05, 3.63) is 101 Å². The average Bonchev–Trinajstić information content (AvgIpc) is 3.08. The highest BCUT2D eigenvalue weighted by Gasteiger charge is 2.54. The van der Waals surface area contributed by atoms with Gasteiger partial charge in [0.05, 0.1) is 12.0 Å². The molecule has 1 atom stereocenters. The Bertz CT molecular complexity index is 1180. The predicted molar refractivity (Wildman–Crippen MR) is 129 cm³/mol. The molecule has 34 heavy (non-hydrogen) atoms. The molecule has 2 heterocycles. The van der Waals surface area contributed by atoms with Crippen LogP contribution in [-0.4, -0.2) is 39.1 Å². The summed E-state index contributed by atoms with van der Waals surface area (Å²) >= 11 is 0. The van der Waals surface area contributed by atoms with Crippen LogP contribution in [0.4, 0.5) is 0 Å². The molecule has 1 aliphatic rings. The first kappa shape index (κ1) is 23.4. The Labute approximate surface area is 200 Å². The second-order valence-corrected chi connectivity index (χ2v) is 8.78. The van der Waals surface area contributed by atoms with Crippen LogP contribution in [0.25, 0.3) is 0 Å². The second-order valence-electron chi connectivity index (χ2n) is 8.78. The molecule has 0 bridgehead atoms. The lowest BCUT2D eigenvalue weighted by Gasteiger charge is -2.31. The van der Waals surface area contributed by atoms with Gasteiger partial charge in [-0.1, -0.05) is 54.6 Å². The smallest absolute Gasteiger partial charge is 0.241 e. The Hall–Kier alpha value is -3.80. The summed E-state index contributed by atoms with van der Waals surface area (Å²) in [7, 11) is 0. The summed E-state index contributed by atoms with van der Waals surface area (Å²) in [5.74, 6) is -0.710. The lowest BCUT2D eigenvalue weighted by molar-refractivity contribution is -0.143. The van der Waals surface area contributed by atoms with Crippen molar-refractivity contribution in [1.29, 1.82) is 0 Å². The van der Waals surface area contributed by atoms with Crippen LogP contribution in [0.2, 0.25) is 0 Å². The number of aryl methyl sites for hydroxylation is 1. The van der Waals surface area contributed by atoms with Gasteiger partial charge in [-0.15, -0.1) is 0 Å². The summed E-state index contributed by atoms with van der Waals surface area (Å²) < 4.78 is 0. The molecule has 4 rings (SSSR count). The molecule has 3 aromatic rings. The predicted octanol–water partition coefficient (Wildman–Crippen LogP) is 4.03. The third kappa shape index (κ3) is 4.62. The molecule has 6 nitrogen and oxygen atoms in total. The Balaban J connectivity index is 1.67. The average molecular weight is 456 g/mol. The molecular weight excluding hydrogens is 426 g/mol. The number of carbonyl (C=O) groups is 3. The van der Waals surface area contributed by atoms with Crippen molar-refractivity contribution in [2.24, 2.45) is 0 Å². The normalized spacial score (nSPS) is 17.8. The Morgan fingerprint density at radius 2 is 1.65 bits per heavy atom. The number of hydrogen-bond donors (Lipinski definition) is 0. The Kier molecular flexibility index (Phi) is 6.87. The number of rotatable bonds is 8. The number of amides is 3. The number of hydrogen-bond acceptors (Lipinski definition) is 4. The van der Waals surface area contributed by atoms with Crippen molar-refractivity contribution >= 4 is 17.7 Å². The highest BCUT2D eigenvalue weighted by atomic mass is 16.2. The van der Waals surface area contributed by atoms with Gasteiger partial charge in [-0.05, 0) is 48.2 Å². The van der Waals surface area contributed by atoms with E-state index < -0.39 is 5.41 Å². The van der Waals surface area contributed by atoms with Gasteiger partial charge in [-0.2, -0.15) is 0 Å². The summed E-state index contributed by atoms with van der Waals surface area (Å²) in [6, 6.07) is 20.9. The first-order valence-electron chi connectivity index (χ1n) is 11.6. The molecule has 0 aliphatic carbocycles. The van der Waals surface area contributed by atoms with Crippen LogP contribution in [0.5, 0.6) is 0 Å². The van der Waals surface area contributed by atoms with Gasteiger partial charge in [-0.25, -0.2) is 0 Å². The number of imide groups is 1. The van der Waals surface area contributed by atoms with E-state index in [1.54, 1.807) is 29.4 Å². The van der Waals surface area contributed by atoms with Crippen molar-refractivity contribution in [3.8, 4) is 0 Å². The highest BCUT2D eigenvalue weighted by Crippen LogP contribution is 2.42.